The number of carboxylic acids is 1. The summed E-state index contributed by atoms with van der Waals surface area (Å²) in [5.74, 6) is -0.498. The van der Waals surface area contributed by atoms with Crippen molar-refractivity contribution in [1.29, 1.82) is 0 Å². The number of hydrogen-bond donors (Lipinski definition) is 3. The molecule has 10 atom stereocenters. The summed E-state index contributed by atoms with van der Waals surface area (Å²) >= 11 is 0. The second kappa shape index (κ2) is 8.53. The third kappa shape index (κ3) is 3.68. The zero-order valence-corrected chi connectivity index (χ0v) is 24.9. The molecule has 7 nitrogen and oxygen atoms in total. The van der Waals surface area contributed by atoms with Gasteiger partial charge in [-0.1, -0.05) is 52.7 Å². The van der Waals surface area contributed by atoms with Gasteiger partial charge in [0.2, 0.25) is 0 Å². The van der Waals surface area contributed by atoms with Gasteiger partial charge < -0.3 is 10.2 Å². The van der Waals surface area contributed by atoms with E-state index in [0.29, 0.717) is 18.8 Å². The van der Waals surface area contributed by atoms with Crippen LogP contribution in [0.25, 0.3) is 0 Å². The largest absolute Gasteiger partial charge is 0.481 e. The Morgan fingerprint density at radius 2 is 1.68 bits per heavy atom. The fraction of sp³-hybridized carbons (Fsp3) is 0.900. The number of carbonyl (C=O) groups is 1. The first-order valence-electron chi connectivity index (χ1n) is 14.7. The minimum Gasteiger partial charge on any atom is -0.481 e. The van der Waals surface area contributed by atoms with Gasteiger partial charge in [0.1, 0.15) is 0 Å². The average molecular weight is 553 g/mol. The predicted octanol–water partition coefficient (Wildman–Crippen LogP) is 6.03. The molecule has 0 aromatic heterocycles. The van der Waals surface area contributed by atoms with Crippen molar-refractivity contribution in [3.8, 4) is 0 Å². The first-order valence-corrected chi connectivity index (χ1v) is 16.0. The Bertz CT molecular complexity index is 1150. The molecule has 216 valence electrons. The number of hydrogen-bond acceptors (Lipinski definition) is 5. The fourth-order valence-corrected chi connectivity index (χ4v) is 11.6. The lowest BCUT2D eigenvalue weighted by Crippen LogP contribution is -2.67. The Hall–Kier alpha value is -0.960. The van der Waals surface area contributed by atoms with E-state index in [9.17, 15) is 28.0 Å². The predicted molar refractivity (Wildman–Crippen MR) is 145 cm³/mol. The first kappa shape index (κ1) is 28.6. The minimum absolute atomic E-state index is 0.00214. The molecule has 5 aliphatic carbocycles. The molecule has 0 aliphatic heterocycles. The van der Waals surface area contributed by atoms with Gasteiger partial charge in [-0.25, -0.2) is 4.18 Å². The molecule has 5 rings (SSSR count). The van der Waals surface area contributed by atoms with Crippen LogP contribution in [0, 0.1) is 50.7 Å². The summed E-state index contributed by atoms with van der Waals surface area (Å²) in [6.45, 7) is 13.2. The highest BCUT2D eigenvalue weighted by Crippen LogP contribution is 2.76. The summed E-state index contributed by atoms with van der Waals surface area (Å²) in [5, 5.41) is 22.5. The first-order chi connectivity index (χ1) is 17.4. The van der Waals surface area contributed by atoms with E-state index in [1.807, 2.05) is 6.92 Å². The van der Waals surface area contributed by atoms with Crippen molar-refractivity contribution in [1.82, 2.24) is 0 Å². The summed E-state index contributed by atoms with van der Waals surface area (Å²) in [7, 11) is -4.50. The molecular formula is C30H48O7S. The third-order valence-electron chi connectivity index (χ3n) is 13.6. The van der Waals surface area contributed by atoms with Crippen molar-refractivity contribution in [3.63, 3.8) is 0 Å². The van der Waals surface area contributed by atoms with Crippen LogP contribution in [0.15, 0.2) is 11.6 Å². The van der Waals surface area contributed by atoms with E-state index in [-0.39, 0.29) is 40.1 Å². The van der Waals surface area contributed by atoms with Gasteiger partial charge in [0, 0.05) is 5.92 Å². The Labute approximate surface area is 228 Å². The molecule has 5 aliphatic rings. The van der Waals surface area contributed by atoms with Gasteiger partial charge in [-0.2, -0.15) is 8.42 Å². The highest BCUT2D eigenvalue weighted by atomic mass is 32.3. The molecule has 0 saturated heterocycles. The van der Waals surface area contributed by atoms with E-state index in [2.05, 4.69) is 40.7 Å². The lowest BCUT2D eigenvalue weighted by Gasteiger charge is -2.71. The molecule has 0 bridgehead atoms. The van der Waals surface area contributed by atoms with Crippen LogP contribution in [0.5, 0.6) is 0 Å². The topological polar surface area (TPSA) is 121 Å². The van der Waals surface area contributed by atoms with E-state index in [1.165, 1.54) is 5.57 Å². The van der Waals surface area contributed by atoms with Crippen LogP contribution in [-0.4, -0.2) is 41.4 Å². The monoisotopic (exact) mass is 552 g/mol. The molecule has 4 fully saturated rings. The average Bonchev–Trinajstić information content (AvgIpc) is 2.80. The Morgan fingerprint density at radius 3 is 2.32 bits per heavy atom. The van der Waals surface area contributed by atoms with Crippen molar-refractivity contribution >= 4 is 16.4 Å². The fourth-order valence-electron chi connectivity index (χ4n) is 11.1. The maximum absolute atomic E-state index is 12.9. The molecule has 3 N–H and O–H groups in total. The van der Waals surface area contributed by atoms with Gasteiger partial charge in [0.25, 0.3) is 0 Å². The van der Waals surface area contributed by atoms with Crippen molar-refractivity contribution in [2.24, 2.45) is 50.7 Å². The molecule has 38 heavy (non-hydrogen) atoms. The SMILES string of the molecule is C[C@@H]1CC[C@]2(C(=O)O)CC[C@]3(C)C(=CC[C@@H]4[C@@]5(C)CCC[C@@](C)(COS(=O)(=O)O)[C@@H]5CC[C@]43C)[C@@H]2[C@]1(C)O. The van der Waals surface area contributed by atoms with Crippen LogP contribution in [0.2, 0.25) is 0 Å². The Kier molecular flexibility index (Phi) is 6.41. The summed E-state index contributed by atoms with van der Waals surface area (Å²) in [4.78, 5) is 12.9. The minimum atomic E-state index is -4.50. The zero-order chi connectivity index (χ0) is 28.2. The molecule has 0 heterocycles. The van der Waals surface area contributed by atoms with Crippen LogP contribution in [0.3, 0.4) is 0 Å². The summed E-state index contributed by atoms with van der Waals surface area (Å²) in [6, 6.07) is 0. The number of aliphatic carboxylic acids is 1. The van der Waals surface area contributed by atoms with Crippen LogP contribution < -0.4 is 0 Å². The number of carboxylic acid groups (broad SMARTS) is 1. The second-order valence-electron chi connectivity index (χ2n) is 15.1. The highest BCUT2D eigenvalue weighted by molar-refractivity contribution is 7.80. The van der Waals surface area contributed by atoms with Gasteiger partial charge in [-0.15, -0.1) is 0 Å². The van der Waals surface area contributed by atoms with Crippen molar-refractivity contribution in [3.05, 3.63) is 11.6 Å². The van der Waals surface area contributed by atoms with Crippen LogP contribution in [-0.2, 0) is 19.4 Å². The van der Waals surface area contributed by atoms with Crippen molar-refractivity contribution in [2.45, 2.75) is 111 Å². The van der Waals surface area contributed by atoms with Crippen molar-refractivity contribution < 1.29 is 32.2 Å². The quantitative estimate of drug-likeness (QED) is 0.287. The van der Waals surface area contributed by atoms with Gasteiger partial charge in [-0.3, -0.25) is 9.35 Å². The Balaban J connectivity index is 1.58. The number of rotatable bonds is 4. The van der Waals surface area contributed by atoms with Crippen molar-refractivity contribution in [2.75, 3.05) is 6.61 Å². The number of aliphatic hydroxyl groups is 1. The van der Waals surface area contributed by atoms with E-state index in [0.717, 1.165) is 51.4 Å². The molecular weight excluding hydrogens is 504 g/mol. The van der Waals surface area contributed by atoms with Gasteiger partial charge in [-0.05, 0) is 104 Å². The van der Waals surface area contributed by atoms with Crippen LogP contribution in [0.4, 0.5) is 0 Å². The molecule has 8 heteroatoms. The van der Waals surface area contributed by atoms with Crippen LogP contribution in [0.1, 0.15) is 106 Å². The number of allylic oxidation sites excluding steroid dienone is 1. The maximum Gasteiger partial charge on any atom is 0.397 e. The van der Waals surface area contributed by atoms with Gasteiger partial charge in [0.15, 0.2) is 0 Å². The van der Waals surface area contributed by atoms with Crippen LogP contribution >= 0.6 is 0 Å². The lowest BCUT2D eigenvalue weighted by atomic mass is 9.33. The number of fused-ring (bicyclic) bond motifs is 7. The van der Waals surface area contributed by atoms with Gasteiger partial charge >= 0.3 is 16.4 Å². The Morgan fingerprint density at radius 1 is 1.00 bits per heavy atom. The molecule has 4 saturated carbocycles. The zero-order valence-electron chi connectivity index (χ0n) is 24.0. The molecule has 0 unspecified atom stereocenters. The molecule has 0 spiro atoms. The van der Waals surface area contributed by atoms with E-state index >= 15 is 0 Å². The second-order valence-corrected chi connectivity index (χ2v) is 16.1. The third-order valence-corrected chi connectivity index (χ3v) is 14.0. The van der Waals surface area contributed by atoms with E-state index < -0.39 is 33.3 Å². The van der Waals surface area contributed by atoms with Gasteiger partial charge in [0.05, 0.1) is 17.6 Å². The van der Waals surface area contributed by atoms with E-state index in [1.54, 1.807) is 0 Å². The summed E-state index contributed by atoms with van der Waals surface area (Å²) in [6.07, 6.45) is 10.7. The normalized spacial score (nSPS) is 52.6. The lowest BCUT2D eigenvalue weighted by molar-refractivity contribution is -0.210. The molecule has 0 radical (unpaired) electrons. The summed E-state index contributed by atoms with van der Waals surface area (Å²) < 4.78 is 37.2. The molecule has 0 amide bonds. The summed E-state index contributed by atoms with van der Waals surface area (Å²) in [5.41, 5.74) is -1.47. The highest BCUT2D eigenvalue weighted by Gasteiger charge is 2.71. The molecule has 0 aromatic carbocycles. The molecule has 0 aromatic rings. The standard InChI is InChI=1S/C30H48O7S/c1-19-10-15-30(24(31)32)17-16-27(4)20(23(30)29(19,6)33)8-9-22-26(3)13-7-12-25(2,18-37-38(34,35)36)21(26)11-14-28(22,27)5/h8,19,21-23,33H,7,9-18H2,1-6H3,(H,31,32)(H,34,35,36)/t19-,21+,22-,23-,25+,26+,27-,28-,29-,30+/m1/s1. The van der Waals surface area contributed by atoms with E-state index in [4.69, 9.17) is 4.18 Å². The maximum atomic E-state index is 12.9. The smallest absolute Gasteiger partial charge is 0.397 e.